The standard InChI is InChI=1S/C8H20N2O4S/c1-10(5-7-14-2)4-3-9-15(12,13)8-6-11/h9,11H,3-8H2,1-2H3. The number of methoxy groups -OCH3 is 1. The molecule has 0 aliphatic rings. The molecule has 0 saturated carbocycles. The van der Waals surface area contributed by atoms with Gasteiger partial charge in [0.2, 0.25) is 10.0 Å². The predicted molar refractivity (Wildman–Crippen MR) is 58.2 cm³/mol. The van der Waals surface area contributed by atoms with Crippen LogP contribution in [-0.4, -0.2) is 71.2 Å². The van der Waals surface area contributed by atoms with Gasteiger partial charge in [-0.25, -0.2) is 13.1 Å². The van der Waals surface area contributed by atoms with Gasteiger partial charge in [0.25, 0.3) is 0 Å². The van der Waals surface area contributed by atoms with E-state index in [0.717, 1.165) is 6.54 Å². The summed E-state index contributed by atoms with van der Waals surface area (Å²) in [6, 6.07) is 0. The molecular weight excluding hydrogens is 220 g/mol. The number of hydrogen-bond acceptors (Lipinski definition) is 5. The van der Waals surface area contributed by atoms with Crippen LogP contribution in [0.1, 0.15) is 0 Å². The summed E-state index contributed by atoms with van der Waals surface area (Å²) in [6.45, 7) is 2.00. The van der Waals surface area contributed by atoms with E-state index in [2.05, 4.69) is 4.72 Å². The van der Waals surface area contributed by atoms with Crippen molar-refractivity contribution in [2.75, 3.05) is 52.8 Å². The van der Waals surface area contributed by atoms with E-state index in [9.17, 15) is 8.42 Å². The first kappa shape index (κ1) is 14.8. The molecule has 0 saturated heterocycles. The lowest BCUT2D eigenvalue weighted by Crippen LogP contribution is -2.35. The Kier molecular flexibility index (Phi) is 7.89. The van der Waals surface area contributed by atoms with E-state index >= 15 is 0 Å². The molecule has 0 radical (unpaired) electrons. The van der Waals surface area contributed by atoms with Gasteiger partial charge in [-0.3, -0.25) is 0 Å². The van der Waals surface area contributed by atoms with Crippen molar-refractivity contribution in [3.63, 3.8) is 0 Å². The highest BCUT2D eigenvalue weighted by Gasteiger charge is 2.08. The summed E-state index contributed by atoms with van der Waals surface area (Å²) in [4.78, 5) is 1.96. The average Bonchev–Trinajstić information content (AvgIpc) is 2.14. The van der Waals surface area contributed by atoms with Gasteiger partial charge in [-0.1, -0.05) is 0 Å². The van der Waals surface area contributed by atoms with Gasteiger partial charge in [-0.15, -0.1) is 0 Å². The molecule has 0 amide bonds. The van der Waals surface area contributed by atoms with E-state index in [1.54, 1.807) is 7.11 Å². The number of aliphatic hydroxyl groups excluding tert-OH is 1. The van der Waals surface area contributed by atoms with Gasteiger partial charge in [-0.2, -0.15) is 0 Å². The summed E-state index contributed by atoms with van der Waals surface area (Å²) >= 11 is 0. The Labute approximate surface area is 91.3 Å². The maximum absolute atomic E-state index is 11.1. The zero-order chi connectivity index (χ0) is 11.7. The lowest BCUT2D eigenvalue weighted by molar-refractivity contribution is 0.162. The molecule has 2 N–H and O–H groups in total. The van der Waals surface area contributed by atoms with E-state index in [-0.39, 0.29) is 12.4 Å². The average molecular weight is 240 g/mol. The normalized spacial score (nSPS) is 12.3. The van der Waals surface area contributed by atoms with Crippen molar-refractivity contribution in [2.24, 2.45) is 0 Å². The molecule has 0 spiro atoms. The van der Waals surface area contributed by atoms with Crippen LogP contribution in [0.3, 0.4) is 0 Å². The molecule has 15 heavy (non-hydrogen) atoms. The molecule has 0 aromatic carbocycles. The van der Waals surface area contributed by atoms with Crippen molar-refractivity contribution in [1.29, 1.82) is 0 Å². The number of hydrogen-bond donors (Lipinski definition) is 2. The molecule has 0 aromatic rings. The largest absolute Gasteiger partial charge is 0.395 e. The third kappa shape index (κ3) is 8.76. The molecular formula is C8H20N2O4S. The molecule has 0 aromatic heterocycles. The number of rotatable bonds is 9. The van der Waals surface area contributed by atoms with Crippen LogP contribution < -0.4 is 4.72 Å². The molecule has 92 valence electrons. The molecule has 0 heterocycles. The van der Waals surface area contributed by atoms with Crippen LogP contribution >= 0.6 is 0 Å². The molecule has 0 unspecified atom stereocenters. The van der Waals surface area contributed by atoms with Crippen LogP contribution in [0, 0.1) is 0 Å². The quantitative estimate of drug-likeness (QED) is 0.511. The summed E-state index contributed by atoms with van der Waals surface area (Å²) < 4.78 is 29.5. The monoisotopic (exact) mass is 240 g/mol. The molecule has 6 nitrogen and oxygen atoms in total. The first-order valence-electron chi connectivity index (χ1n) is 4.77. The number of nitrogens with one attached hydrogen (secondary N) is 1. The summed E-state index contributed by atoms with van der Waals surface area (Å²) in [5, 5.41) is 8.48. The Hall–Kier alpha value is -0.210. The predicted octanol–water partition coefficient (Wildman–Crippen LogP) is -1.52. The van der Waals surface area contributed by atoms with Gasteiger partial charge >= 0.3 is 0 Å². The third-order valence-corrected chi connectivity index (χ3v) is 3.22. The second-order valence-electron chi connectivity index (χ2n) is 3.23. The van der Waals surface area contributed by atoms with Crippen LogP contribution in [0.4, 0.5) is 0 Å². The second-order valence-corrected chi connectivity index (χ2v) is 5.16. The van der Waals surface area contributed by atoms with Crippen LogP contribution in [0.2, 0.25) is 0 Å². The highest BCUT2D eigenvalue weighted by molar-refractivity contribution is 7.89. The number of nitrogens with zero attached hydrogens (tertiary/aromatic N) is 1. The van der Waals surface area contributed by atoms with E-state index in [0.29, 0.717) is 19.7 Å². The summed E-state index contributed by atoms with van der Waals surface area (Å²) in [6.07, 6.45) is 0. The molecule has 0 aliphatic carbocycles. The smallest absolute Gasteiger partial charge is 0.213 e. The molecule has 0 fully saturated rings. The fraction of sp³-hybridized carbons (Fsp3) is 1.00. The summed E-state index contributed by atoms with van der Waals surface area (Å²) in [5.41, 5.74) is 0. The van der Waals surface area contributed by atoms with Crippen molar-refractivity contribution in [3.8, 4) is 0 Å². The van der Waals surface area contributed by atoms with Crippen LogP contribution in [-0.2, 0) is 14.8 Å². The second kappa shape index (κ2) is 8.00. The molecule has 0 rings (SSSR count). The van der Waals surface area contributed by atoms with E-state index in [1.807, 2.05) is 11.9 Å². The zero-order valence-electron chi connectivity index (χ0n) is 9.27. The number of ether oxygens (including phenoxy) is 1. The molecule has 7 heteroatoms. The van der Waals surface area contributed by atoms with Gasteiger partial charge in [-0.05, 0) is 7.05 Å². The van der Waals surface area contributed by atoms with Gasteiger partial charge in [0, 0.05) is 26.7 Å². The maximum Gasteiger partial charge on any atom is 0.213 e. The lowest BCUT2D eigenvalue weighted by atomic mass is 10.5. The minimum absolute atomic E-state index is 0.241. The zero-order valence-corrected chi connectivity index (χ0v) is 10.1. The van der Waals surface area contributed by atoms with Gasteiger partial charge < -0.3 is 14.7 Å². The van der Waals surface area contributed by atoms with Crippen molar-refractivity contribution < 1.29 is 18.3 Å². The lowest BCUT2D eigenvalue weighted by Gasteiger charge is -2.15. The van der Waals surface area contributed by atoms with E-state index < -0.39 is 10.0 Å². The first-order valence-corrected chi connectivity index (χ1v) is 6.42. The Bertz CT molecular complexity index is 243. The van der Waals surface area contributed by atoms with Gasteiger partial charge in [0.15, 0.2) is 0 Å². The number of sulfonamides is 1. The van der Waals surface area contributed by atoms with Gasteiger partial charge in [0.1, 0.15) is 0 Å². The summed E-state index contributed by atoms with van der Waals surface area (Å²) in [7, 11) is 0.205. The Morgan fingerprint density at radius 2 is 2.07 bits per heavy atom. The molecule has 0 aliphatic heterocycles. The SMILES string of the molecule is COCCN(C)CCNS(=O)(=O)CCO. The Morgan fingerprint density at radius 1 is 1.40 bits per heavy atom. The number of aliphatic hydroxyl groups is 1. The van der Waals surface area contributed by atoms with E-state index in [4.69, 9.17) is 9.84 Å². The molecule has 0 bridgehead atoms. The summed E-state index contributed by atoms with van der Waals surface area (Å²) in [5.74, 6) is -0.241. The van der Waals surface area contributed by atoms with Crippen molar-refractivity contribution in [1.82, 2.24) is 9.62 Å². The van der Waals surface area contributed by atoms with Crippen molar-refractivity contribution >= 4 is 10.0 Å². The fourth-order valence-electron chi connectivity index (χ4n) is 0.943. The third-order valence-electron chi connectivity index (χ3n) is 1.85. The first-order chi connectivity index (χ1) is 7.02. The van der Waals surface area contributed by atoms with Crippen LogP contribution in [0.15, 0.2) is 0 Å². The Morgan fingerprint density at radius 3 is 2.60 bits per heavy atom. The van der Waals surface area contributed by atoms with Crippen molar-refractivity contribution in [2.45, 2.75) is 0 Å². The fourth-order valence-corrected chi connectivity index (χ4v) is 1.73. The minimum Gasteiger partial charge on any atom is -0.395 e. The van der Waals surface area contributed by atoms with Gasteiger partial charge in [0.05, 0.1) is 19.0 Å². The van der Waals surface area contributed by atoms with Crippen molar-refractivity contribution in [3.05, 3.63) is 0 Å². The van der Waals surface area contributed by atoms with Crippen LogP contribution in [0.25, 0.3) is 0 Å². The van der Waals surface area contributed by atoms with E-state index in [1.165, 1.54) is 0 Å². The minimum atomic E-state index is -3.31. The Balaban J connectivity index is 3.60. The highest BCUT2D eigenvalue weighted by atomic mass is 32.2. The number of likely N-dealkylation sites (N-methyl/N-ethyl adjacent to an activating group) is 1. The topological polar surface area (TPSA) is 78.9 Å². The molecule has 0 atom stereocenters. The maximum atomic E-state index is 11.1. The van der Waals surface area contributed by atoms with Crippen LogP contribution in [0.5, 0.6) is 0 Å². The highest BCUT2D eigenvalue weighted by Crippen LogP contribution is 1.85.